The molecular weight excluding hydrogens is 358 g/mol. The molecule has 9 heteroatoms. The van der Waals surface area contributed by atoms with E-state index < -0.39 is 0 Å². The molecule has 3 rings (SSSR count). The molecule has 0 radical (unpaired) electrons. The molecule has 9 nitrogen and oxygen atoms in total. The average molecular weight is 385 g/mol. The lowest BCUT2D eigenvalue weighted by atomic mass is 10.1. The van der Waals surface area contributed by atoms with Crippen LogP contribution in [0.25, 0.3) is 0 Å². The highest BCUT2D eigenvalue weighted by Crippen LogP contribution is 2.25. The Hall–Kier alpha value is -2.97. The lowest BCUT2D eigenvalue weighted by molar-refractivity contribution is -0.116. The first kappa shape index (κ1) is 19.8. The summed E-state index contributed by atoms with van der Waals surface area (Å²) in [7, 11) is 3.74. The van der Waals surface area contributed by atoms with E-state index in [1.54, 1.807) is 20.0 Å². The number of carbonyl (C=O) groups is 1. The van der Waals surface area contributed by atoms with Crippen LogP contribution in [0.5, 0.6) is 0 Å². The van der Waals surface area contributed by atoms with Crippen LogP contribution < -0.4 is 20.7 Å². The molecule has 0 unspecified atom stereocenters. The minimum Gasteiger partial charge on any atom is -0.361 e. The molecule has 0 bridgehead atoms. The predicted octanol–water partition coefficient (Wildman–Crippen LogP) is 1.35. The highest BCUT2D eigenvalue weighted by molar-refractivity contribution is 5.93. The normalized spacial score (nSPS) is 14.1. The number of piperidine rings is 1. The fraction of sp³-hybridized carbons (Fsp3) is 0.526. The minimum atomic E-state index is -0.329. The fourth-order valence-electron chi connectivity index (χ4n) is 3.17. The number of aromatic nitrogens is 4. The van der Waals surface area contributed by atoms with Gasteiger partial charge in [-0.3, -0.25) is 14.2 Å². The van der Waals surface area contributed by atoms with E-state index >= 15 is 0 Å². The Bertz CT molecular complexity index is 917. The topological polar surface area (TPSA) is 96.2 Å². The van der Waals surface area contributed by atoms with Crippen LogP contribution in [-0.4, -0.2) is 52.6 Å². The van der Waals surface area contributed by atoms with Crippen LogP contribution in [0.3, 0.4) is 0 Å². The van der Waals surface area contributed by atoms with Gasteiger partial charge in [0.2, 0.25) is 11.9 Å². The van der Waals surface area contributed by atoms with Gasteiger partial charge in [0.05, 0.1) is 12.5 Å². The number of hydrogen-bond donors (Lipinski definition) is 1. The molecule has 0 aromatic carbocycles. The average Bonchev–Trinajstić information content (AvgIpc) is 2.69. The molecule has 1 aliphatic rings. The maximum atomic E-state index is 12.5. The van der Waals surface area contributed by atoms with Crippen LogP contribution in [0.2, 0.25) is 0 Å². The highest BCUT2D eigenvalue weighted by Gasteiger charge is 2.18. The van der Waals surface area contributed by atoms with E-state index in [4.69, 9.17) is 0 Å². The van der Waals surface area contributed by atoms with Gasteiger partial charge in [-0.2, -0.15) is 4.98 Å². The summed E-state index contributed by atoms with van der Waals surface area (Å²) in [5.74, 6) is 0.982. The monoisotopic (exact) mass is 385 g/mol. The second-order valence-corrected chi connectivity index (χ2v) is 7.29. The van der Waals surface area contributed by atoms with Gasteiger partial charge in [0, 0.05) is 38.4 Å². The number of aryl methyl sites for hydroxylation is 1. The molecule has 150 valence electrons. The number of nitrogens with zero attached hydrogens (tertiary/aromatic N) is 6. The van der Waals surface area contributed by atoms with Crippen molar-refractivity contribution >= 4 is 23.4 Å². The van der Waals surface area contributed by atoms with E-state index in [2.05, 4.69) is 25.2 Å². The van der Waals surface area contributed by atoms with Crippen LogP contribution in [0.15, 0.2) is 17.3 Å². The Morgan fingerprint density at radius 1 is 1.18 bits per heavy atom. The van der Waals surface area contributed by atoms with Crippen LogP contribution in [0, 0.1) is 13.8 Å². The highest BCUT2D eigenvalue weighted by atomic mass is 16.2. The Morgan fingerprint density at radius 2 is 1.89 bits per heavy atom. The molecule has 1 aliphatic heterocycles. The Balaban J connectivity index is 1.78. The minimum absolute atomic E-state index is 0.117. The molecule has 0 aliphatic carbocycles. The lowest BCUT2D eigenvalue weighted by Crippen LogP contribution is -2.32. The molecule has 2 aromatic heterocycles. The van der Waals surface area contributed by atoms with Crippen molar-refractivity contribution in [2.24, 2.45) is 0 Å². The lowest BCUT2D eigenvalue weighted by Gasteiger charge is -2.28. The molecular formula is C19H27N7O2. The van der Waals surface area contributed by atoms with Gasteiger partial charge >= 0.3 is 0 Å². The van der Waals surface area contributed by atoms with Crippen molar-refractivity contribution in [2.75, 3.05) is 42.3 Å². The van der Waals surface area contributed by atoms with Gasteiger partial charge in [-0.05, 0) is 33.1 Å². The predicted molar refractivity (Wildman–Crippen MR) is 109 cm³/mol. The van der Waals surface area contributed by atoms with Gasteiger partial charge in [0.25, 0.3) is 5.56 Å². The van der Waals surface area contributed by atoms with Crippen LogP contribution in [0.1, 0.15) is 30.5 Å². The molecule has 3 heterocycles. The van der Waals surface area contributed by atoms with Gasteiger partial charge in [0.1, 0.15) is 12.2 Å². The third-order valence-electron chi connectivity index (χ3n) is 4.92. The maximum absolute atomic E-state index is 12.5. The van der Waals surface area contributed by atoms with Crippen molar-refractivity contribution in [3.63, 3.8) is 0 Å². The molecule has 1 N–H and O–H groups in total. The number of hydrogen-bond acceptors (Lipinski definition) is 7. The first-order valence-corrected chi connectivity index (χ1v) is 9.48. The summed E-state index contributed by atoms with van der Waals surface area (Å²) in [5, 5.41) is 2.82. The second-order valence-electron chi connectivity index (χ2n) is 7.29. The summed E-state index contributed by atoms with van der Waals surface area (Å²) >= 11 is 0. The summed E-state index contributed by atoms with van der Waals surface area (Å²) in [6.45, 7) is 5.25. The van der Waals surface area contributed by atoms with Crippen LogP contribution >= 0.6 is 0 Å². The van der Waals surface area contributed by atoms with E-state index in [1.165, 1.54) is 17.3 Å². The second kappa shape index (κ2) is 8.37. The van der Waals surface area contributed by atoms with Crippen molar-refractivity contribution in [1.29, 1.82) is 0 Å². The standard InChI is InChI=1S/C19H27N7O2/c1-13-14(2)21-12-26(18(13)28)11-16(27)22-15-10-20-19(23-17(15)24(3)4)25-8-6-5-7-9-25/h10,12H,5-9,11H2,1-4H3,(H,22,27). The van der Waals surface area contributed by atoms with Gasteiger partial charge in [-0.25, -0.2) is 9.97 Å². The third-order valence-corrected chi connectivity index (χ3v) is 4.92. The van der Waals surface area contributed by atoms with Crippen LogP contribution in [-0.2, 0) is 11.3 Å². The molecule has 0 saturated carbocycles. The summed E-state index contributed by atoms with van der Waals surface area (Å²) in [4.78, 5) is 42.0. The van der Waals surface area contributed by atoms with E-state index in [-0.39, 0.29) is 18.0 Å². The zero-order chi connectivity index (χ0) is 20.3. The molecule has 0 atom stereocenters. The van der Waals surface area contributed by atoms with Gasteiger partial charge in [-0.15, -0.1) is 0 Å². The number of rotatable bonds is 5. The SMILES string of the molecule is Cc1ncn(CC(=O)Nc2cnc(N3CCCCC3)nc2N(C)C)c(=O)c1C. The quantitative estimate of drug-likeness (QED) is 0.830. The maximum Gasteiger partial charge on any atom is 0.256 e. The Labute approximate surface area is 164 Å². The van der Waals surface area contributed by atoms with E-state index in [0.29, 0.717) is 28.7 Å². The zero-order valence-electron chi connectivity index (χ0n) is 16.9. The zero-order valence-corrected chi connectivity index (χ0v) is 16.9. The van der Waals surface area contributed by atoms with Crippen molar-refractivity contribution in [3.8, 4) is 0 Å². The summed E-state index contributed by atoms with van der Waals surface area (Å²) in [5.41, 5.74) is 1.50. The summed E-state index contributed by atoms with van der Waals surface area (Å²) < 4.78 is 1.30. The number of anilines is 3. The fourth-order valence-corrected chi connectivity index (χ4v) is 3.17. The van der Waals surface area contributed by atoms with E-state index in [1.807, 2.05) is 19.0 Å². The van der Waals surface area contributed by atoms with Gasteiger partial charge < -0.3 is 15.1 Å². The first-order chi connectivity index (χ1) is 13.4. The van der Waals surface area contributed by atoms with Crippen molar-refractivity contribution in [3.05, 3.63) is 34.1 Å². The molecule has 1 fully saturated rings. The molecule has 1 saturated heterocycles. The van der Waals surface area contributed by atoms with Crippen molar-refractivity contribution < 1.29 is 4.79 Å². The van der Waals surface area contributed by atoms with Gasteiger partial charge in [-0.1, -0.05) is 0 Å². The third kappa shape index (κ3) is 4.29. The number of nitrogens with one attached hydrogen (secondary N) is 1. The Morgan fingerprint density at radius 3 is 2.57 bits per heavy atom. The largest absolute Gasteiger partial charge is 0.361 e. The Kier molecular flexibility index (Phi) is 5.91. The molecule has 1 amide bonds. The van der Waals surface area contributed by atoms with E-state index in [9.17, 15) is 9.59 Å². The van der Waals surface area contributed by atoms with E-state index in [0.717, 1.165) is 25.9 Å². The molecule has 28 heavy (non-hydrogen) atoms. The van der Waals surface area contributed by atoms with Gasteiger partial charge in [0.15, 0.2) is 5.82 Å². The first-order valence-electron chi connectivity index (χ1n) is 9.48. The summed E-state index contributed by atoms with van der Waals surface area (Å²) in [6.07, 6.45) is 6.53. The summed E-state index contributed by atoms with van der Waals surface area (Å²) in [6, 6.07) is 0. The molecule has 0 spiro atoms. The number of amides is 1. The number of carbonyl (C=O) groups excluding carboxylic acids is 1. The molecule has 2 aromatic rings. The smallest absolute Gasteiger partial charge is 0.256 e. The van der Waals surface area contributed by atoms with Crippen LogP contribution in [0.4, 0.5) is 17.5 Å². The van der Waals surface area contributed by atoms with Crippen molar-refractivity contribution in [2.45, 2.75) is 39.7 Å². The van der Waals surface area contributed by atoms with Crippen molar-refractivity contribution in [1.82, 2.24) is 19.5 Å².